The summed E-state index contributed by atoms with van der Waals surface area (Å²) in [5.41, 5.74) is 3.64. The summed E-state index contributed by atoms with van der Waals surface area (Å²) in [5, 5.41) is 12.7. The highest BCUT2D eigenvalue weighted by Gasteiger charge is 2.31. The summed E-state index contributed by atoms with van der Waals surface area (Å²) < 4.78 is 0. The van der Waals surface area contributed by atoms with Crippen LogP contribution in [0.25, 0.3) is 0 Å². The quantitative estimate of drug-likeness (QED) is 0.738. The van der Waals surface area contributed by atoms with Crippen molar-refractivity contribution in [2.24, 2.45) is 0 Å². The highest BCUT2D eigenvalue weighted by atomic mass is 16.3. The summed E-state index contributed by atoms with van der Waals surface area (Å²) in [6.45, 7) is 9.26. The molecule has 150 valence electrons. The molecule has 1 heterocycles. The van der Waals surface area contributed by atoms with Crippen LogP contribution in [0.15, 0.2) is 48.5 Å². The molecule has 0 fully saturated rings. The molecule has 0 bridgehead atoms. The van der Waals surface area contributed by atoms with Gasteiger partial charge < -0.3 is 15.3 Å². The number of hydrogen-bond acceptors (Lipinski definition) is 4. The lowest BCUT2D eigenvalue weighted by molar-refractivity contribution is -0.127. The Morgan fingerprint density at radius 3 is 2.46 bits per heavy atom. The number of carbonyl (C=O) groups excluding carboxylic acids is 1. The Morgan fingerprint density at radius 2 is 1.79 bits per heavy atom. The van der Waals surface area contributed by atoms with Crippen LogP contribution in [0.3, 0.4) is 0 Å². The highest BCUT2D eigenvalue weighted by Crippen LogP contribution is 2.25. The van der Waals surface area contributed by atoms with E-state index in [1.165, 1.54) is 11.1 Å². The maximum absolute atomic E-state index is 13.0. The minimum Gasteiger partial charge on any atom is -0.508 e. The van der Waals surface area contributed by atoms with Crippen molar-refractivity contribution < 1.29 is 9.90 Å². The standard InChI is InChI=1S/C23H31N3O2/c1-3-25(4-2)14-13-24-23(28)22-15-19-7-5-6-8-20(19)17-26(22)16-18-9-11-21(27)12-10-18/h5-12,22,27H,3-4,13-17H2,1-2H3,(H,24,28). The minimum absolute atomic E-state index is 0.0976. The van der Waals surface area contributed by atoms with Crippen molar-refractivity contribution in [3.8, 4) is 5.75 Å². The molecule has 0 saturated heterocycles. The summed E-state index contributed by atoms with van der Waals surface area (Å²) in [7, 11) is 0. The zero-order chi connectivity index (χ0) is 19.9. The second kappa shape index (κ2) is 9.71. The Morgan fingerprint density at radius 1 is 1.11 bits per heavy atom. The Kier molecular flexibility index (Phi) is 7.06. The summed E-state index contributed by atoms with van der Waals surface area (Å²) in [5.74, 6) is 0.360. The largest absolute Gasteiger partial charge is 0.508 e. The number of aromatic hydroxyl groups is 1. The number of nitrogens with zero attached hydrogens (tertiary/aromatic N) is 2. The highest BCUT2D eigenvalue weighted by molar-refractivity contribution is 5.82. The van der Waals surface area contributed by atoms with Crippen LogP contribution >= 0.6 is 0 Å². The number of amides is 1. The third-order valence-electron chi connectivity index (χ3n) is 5.59. The second-order valence-electron chi connectivity index (χ2n) is 7.38. The number of hydrogen-bond donors (Lipinski definition) is 2. The Hall–Kier alpha value is -2.37. The molecule has 0 aromatic heterocycles. The number of phenols is 1. The lowest BCUT2D eigenvalue weighted by atomic mass is 9.93. The first-order valence-electron chi connectivity index (χ1n) is 10.2. The van der Waals surface area contributed by atoms with Gasteiger partial charge in [-0.3, -0.25) is 9.69 Å². The molecule has 0 saturated carbocycles. The van der Waals surface area contributed by atoms with Gasteiger partial charge in [0.1, 0.15) is 5.75 Å². The van der Waals surface area contributed by atoms with E-state index in [2.05, 4.69) is 47.2 Å². The van der Waals surface area contributed by atoms with Gasteiger partial charge in [0.15, 0.2) is 0 Å². The van der Waals surface area contributed by atoms with Crippen LogP contribution in [0.5, 0.6) is 5.75 Å². The van der Waals surface area contributed by atoms with Gasteiger partial charge in [0.2, 0.25) is 5.91 Å². The van der Waals surface area contributed by atoms with Crippen LogP contribution < -0.4 is 5.32 Å². The number of benzene rings is 2. The molecule has 2 N–H and O–H groups in total. The van der Waals surface area contributed by atoms with E-state index in [0.29, 0.717) is 13.1 Å². The van der Waals surface area contributed by atoms with Gasteiger partial charge in [-0.1, -0.05) is 50.2 Å². The molecule has 1 aliphatic heterocycles. The fraction of sp³-hybridized carbons (Fsp3) is 0.435. The van der Waals surface area contributed by atoms with Crippen molar-refractivity contribution in [2.45, 2.75) is 39.4 Å². The molecular formula is C23H31N3O2. The molecular weight excluding hydrogens is 350 g/mol. The first-order chi connectivity index (χ1) is 13.6. The molecule has 1 atom stereocenters. The lowest BCUT2D eigenvalue weighted by Crippen LogP contribution is -2.50. The number of fused-ring (bicyclic) bond motifs is 1. The molecule has 1 amide bonds. The van der Waals surface area contributed by atoms with E-state index in [9.17, 15) is 9.90 Å². The summed E-state index contributed by atoms with van der Waals surface area (Å²) >= 11 is 0. The second-order valence-corrected chi connectivity index (χ2v) is 7.38. The van der Waals surface area contributed by atoms with E-state index in [1.807, 2.05) is 18.2 Å². The lowest BCUT2D eigenvalue weighted by Gasteiger charge is -2.36. The zero-order valence-electron chi connectivity index (χ0n) is 16.9. The van der Waals surface area contributed by atoms with E-state index >= 15 is 0 Å². The predicted molar refractivity (Wildman–Crippen MR) is 112 cm³/mol. The van der Waals surface area contributed by atoms with Gasteiger partial charge in [0.25, 0.3) is 0 Å². The van der Waals surface area contributed by atoms with Gasteiger partial charge in [0, 0.05) is 26.2 Å². The van der Waals surface area contributed by atoms with Gasteiger partial charge in [-0.2, -0.15) is 0 Å². The first-order valence-corrected chi connectivity index (χ1v) is 10.2. The van der Waals surface area contributed by atoms with Gasteiger partial charge in [-0.15, -0.1) is 0 Å². The smallest absolute Gasteiger partial charge is 0.237 e. The van der Waals surface area contributed by atoms with E-state index in [0.717, 1.165) is 38.2 Å². The van der Waals surface area contributed by atoms with E-state index in [-0.39, 0.29) is 17.7 Å². The molecule has 0 aliphatic carbocycles. The molecule has 3 rings (SSSR count). The van der Waals surface area contributed by atoms with Crippen LogP contribution in [0.1, 0.15) is 30.5 Å². The normalized spacial score (nSPS) is 16.8. The average molecular weight is 382 g/mol. The van der Waals surface area contributed by atoms with Crippen LogP contribution in [0.2, 0.25) is 0 Å². The molecule has 5 nitrogen and oxygen atoms in total. The van der Waals surface area contributed by atoms with Crippen molar-refractivity contribution >= 4 is 5.91 Å². The molecule has 28 heavy (non-hydrogen) atoms. The molecule has 5 heteroatoms. The topological polar surface area (TPSA) is 55.8 Å². The molecule has 2 aromatic rings. The fourth-order valence-electron chi connectivity index (χ4n) is 3.83. The Bertz CT molecular complexity index is 772. The van der Waals surface area contributed by atoms with E-state index in [4.69, 9.17) is 0 Å². The SMILES string of the molecule is CCN(CC)CCNC(=O)C1Cc2ccccc2CN1Cc1ccc(O)cc1. The third kappa shape index (κ3) is 5.12. The minimum atomic E-state index is -0.180. The Balaban J connectivity index is 1.71. The molecule has 2 aromatic carbocycles. The van der Waals surface area contributed by atoms with Gasteiger partial charge in [0.05, 0.1) is 6.04 Å². The van der Waals surface area contributed by atoms with Crippen LogP contribution in [0.4, 0.5) is 0 Å². The van der Waals surface area contributed by atoms with Crippen molar-refractivity contribution in [1.82, 2.24) is 15.1 Å². The summed E-state index contributed by atoms with van der Waals surface area (Å²) in [4.78, 5) is 17.6. The summed E-state index contributed by atoms with van der Waals surface area (Å²) in [6.07, 6.45) is 0.728. The molecule has 0 radical (unpaired) electrons. The van der Waals surface area contributed by atoms with Gasteiger partial charge in [-0.05, 0) is 48.3 Å². The fourth-order valence-corrected chi connectivity index (χ4v) is 3.83. The van der Waals surface area contributed by atoms with Crippen molar-refractivity contribution in [1.29, 1.82) is 0 Å². The molecule has 0 spiro atoms. The van der Waals surface area contributed by atoms with E-state index in [1.54, 1.807) is 12.1 Å². The average Bonchev–Trinajstić information content (AvgIpc) is 2.72. The predicted octanol–water partition coefficient (Wildman–Crippen LogP) is 2.78. The van der Waals surface area contributed by atoms with Crippen molar-refractivity contribution in [2.75, 3.05) is 26.2 Å². The van der Waals surface area contributed by atoms with E-state index < -0.39 is 0 Å². The van der Waals surface area contributed by atoms with Crippen LogP contribution in [0, 0.1) is 0 Å². The number of likely N-dealkylation sites (N-methyl/N-ethyl adjacent to an activating group) is 1. The molecule has 1 unspecified atom stereocenters. The monoisotopic (exact) mass is 381 g/mol. The first kappa shape index (κ1) is 20.4. The Labute approximate surface area is 168 Å². The summed E-state index contributed by atoms with van der Waals surface area (Å²) in [6, 6.07) is 15.4. The number of phenolic OH excluding ortho intramolecular Hbond substituents is 1. The van der Waals surface area contributed by atoms with Gasteiger partial charge in [-0.25, -0.2) is 0 Å². The van der Waals surface area contributed by atoms with Crippen LogP contribution in [-0.2, 0) is 24.3 Å². The van der Waals surface area contributed by atoms with Crippen molar-refractivity contribution in [3.63, 3.8) is 0 Å². The zero-order valence-corrected chi connectivity index (χ0v) is 16.9. The third-order valence-corrected chi connectivity index (χ3v) is 5.59. The van der Waals surface area contributed by atoms with Gasteiger partial charge >= 0.3 is 0 Å². The van der Waals surface area contributed by atoms with Crippen LogP contribution in [-0.4, -0.2) is 53.0 Å². The number of carbonyl (C=O) groups is 1. The van der Waals surface area contributed by atoms with Crippen molar-refractivity contribution in [3.05, 3.63) is 65.2 Å². The number of nitrogens with one attached hydrogen (secondary N) is 1. The maximum Gasteiger partial charge on any atom is 0.237 e. The number of rotatable bonds is 8. The maximum atomic E-state index is 13.0. The molecule has 1 aliphatic rings.